The van der Waals surface area contributed by atoms with Crippen LogP contribution in [0.25, 0.3) is 16.7 Å². The van der Waals surface area contributed by atoms with Crippen LogP contribution in [0.5, 0.6) is 0 Å². The van der Waals surface area contributed by atoms with Gasteiger partial charge in [0.05, 0.1) is 0 Å². The zero-order valence-electron chi connectivity index (χ0n) is 13.7. The van der Waals surface area contributed by atoms with Crippen LogP contribution in [0.1, 0.15) is 28.7 Å². The Morgan fingerprint density at radius 1 is 1.17 bits per heavy atom. The van der Waals surface area contributed by atoms with Crippen molar-refractivity contribution in [2.75, 3.05) is 0 Å². The molecule has 0 N–H and O–H groups in total. The summed E-state index contributed by atoms with van der Waals surface area (Å²) in [5, 5.41) is 0. The molecule has 1 aromatic carbocycles. The molecule has 0 saturated heterocycles. The third-order valence-corrected chi connectivity index (χ3v) is 3.49. The quantitative estimate of drug-likeness (QED) is 0.704. The van der Waals surface area contributed by atoms with Crippen LogP contribution in [-0.2, 0) is 7.05 Å². The van der Waals surface area contributed by atoms with E-state index in [4.69, 9.17) is 4.11 Å². The van der Waals surface area contributed by atoms with Crippen molar-refractivity contribution in [2.24, 2.45) is 7.05 Å². The van der Waals surface area contributed by atoms with Crippen molar-refractivity contribution >= 4 is 5.57 Å². The molecule has 2 aromatic rings. The summed E-state index contributed by atoms with van der Waals surface area (Å²) in [6.07, 6.45) is 3.11. The van der Waals surface area contributed by atoms with Crippen molar-refractivity contribution in [3.05, 3.63) is 59.4 Å². The van der Waals surface area contributed by atoms with E-state index in [0.29, 0.717) is 5.56 Å². The summed E-state index contributed by atoms with van der Waals surface area (Å²) in [6.45, 7) is 0.0884. The van der Waals surface area contributed by atoms with Crippen LogP contribution >= 0.6 is 0 Å². The molecular weight excluding hydrogens is 218 g/mol. The maximum absolute atomic E-state index is 7.53. The first kappa shape index (κ1) is 8.25. The second kappa shape index (κ2) is 4.09. The van der Waals surface area contributed by atoms with Crippen molar-refractivity contribution in [3.8, 4) is 11.1 Å². The molecule has 0 amide bonds. The van der Waals surface area contributed by atoms with Gasteiger partial charge < -0.3 is 0 Å². The summed E-state index contributed by atoms with van der Waals surface area (Å²) in [7, 11) is 2.04. The Kier molecular flexibility index (Phi) is 1.88. The Morgan fingerprint density at radius 3 is 2.67 bits per heavy atom. The standard InChI is InChI=1S/C17H18N/c1-12-5-4-6-14(9-12)15-7-8-18(3)17(11-15)16-10-13(16)2/h4-9,11H,10H2,1-3H3/q+1/i1D3. The van der Waals surface area contributed by atoms with Crippen LogP contribution in [0.2, 0.25) is 0 Å². The van der Waals surface area contributed by atoms with Gasteiger partial charge in [0.1, 0.15) is 7.05 Å². The smallest absolute Gasteiger partial charge is 0.201 e. The number of aryl methyl sites for hydroxylation is 2. The number of aromatic nitrogens is 1. The van der Waals surface area contributed by atoms with Crippen LogP contribution in [0.15, 0.2) is 48.2 Å². The summed E-state index contributed by atoms with van der Waals surface area (Å²) >= 11 is 0. The first-order valence-electron chi connectivity index (χ1n) is 7.66. The molecular formula is C17H18N+. The molecule has 1 aliphatic rings. The minimum Gasteiger partial charge on any atom is -0.201 e. The monoisotopic (exact) mass is 239 g/mol. The summed E-state index contributed by atoms with van der Waals surface area (Å²) in [5.41, 5.74) is 6.43. The van der Waals surface area contributed by atoms with E-state index in [2.05, 4.69) is 17.6 Å². The highest BCUT2D eigenvalue weighted by molar-refractivity contribution is 5.80. The summed E-state index contributed by atoms with van der Waals surface area (Å²) < 4.78 is 24.7. The molecule has 1 aliphatic carbocycles. The SMILES string of the molecule is [2H]C([2H])([2H])c1cccc(-c2cc[n+](C)c(C3=C(C)C3)c2)c1. The number of hydrogen-bond donors (Lipinski definition) is 0. The van der Waals surface area contributed by atoms with E-state index < -0.39 is 6.85 Å². The molecule has 0 bridgehead atoms. The van der Waals surface area contributed by atoms with E-state index in [1.807, 2.05) is 31.4 Å². The number of pyridine rings is 1. The molecule has 1 heteroatoms. The summed E-state index contributed by atoms with van der Waals surface area (Å²) in [4.78, 5) is 0. The van der Waals surface area contributed by atoms with Crippen LogP contribution in [0.3, 0.4) is 0 Å². The lowest BCUT2D eigenvalue weighted by atomic mass is 10.0. The third kappa shape index (κ3) is 1.97. The van der Waals surface area contributed by atoms with Crippen LogP contribution in [0.4, 0.5) is 0 Å². The van der Waals surface area contributed by atoms with Gasteiger partial charge in [0.2, 0.25) is 5.69 Å². The molecule has 0 unspecified atom stereocenters. The van der Waals surface area contributed by atoms with Gasteiger partial charge in [-0.2, -0.15) is 0 Å². The second-order valence-electron chi connectivity index (χ2n) is 4.93. The van der Waals surface area contributed by atoms with Gasteiger partial charge in [-0.05, 0) is 24.9 Å². The van der Waals surface area contributed by atoms with Gasteiger partial charge >= 0.3 is 0 Å². The predicted octanol–water partition coefficient (Wildman–Crippen LogP) is 3.66. The Bertz CT molecular complexity index is 742. The fourth-order valence-electron chi connectivity index (χ4n) is 2.28. The molecule has 0 aliphatic heterocycles. The molecule has 1 aromatic heterocycles. The molecule has 0 fully saturated rings. The number of rotatable bonds is 2. The number of benzene rings is 1. The van der Waals surface area contributed by atoms with Crippen LogP contribution in [0, 0.1) is 6.85 Å². The molecule has 0 atom stereocenters. The first-order chi connectivity index (χ1) is 9.86. The zero-order chi connectivity index (χ0) is 15.2. The maximum Gasteiger partial charge on any atom is 0.209 e. The molecule has 1 nitrogen and oxygen atoms in total. The lowest BCUT2D eigenvalue weighted by molar-refractivity contribution is -0.673. The molecule has 0 radical (unpaired) electrons. The van der Waals surface area contributed by atoms with E-state index in [9.17, 15) is 0 Å². The normalized spacial score (nSPS) is 17.1. The Morgan fingerprint density at radius 2 is 1.94 bits per heavy atom. The van der Waals surface area contributed by atoms with Crippen molar-refractivity contribution in [1.29, 1.82) is 0 Å². The topological polar surface area (TPSA) is 3.88 Å². The van der Waals surface area contributed by atoms with Gasteiger partial charge in [0.15, 0.2) is 6.20 Å². The van der Waals surface area contributed by atoms with Crippen molar-refractivity contribution < 1.29 is 8.68 Å². The van der Waals surface area contributed by atoms with Crippen LogP contribution < -0.4 is 4.57 Å². The number of hydrogen-bond acceptors (Lipinski definition) is 0. The lowest BCUT2D eigenvalue weighted by Crippen LogP contribution is -2.31. The van der Waals surface area contributed by atoms with Gasteiger partial charge in [0.25, 0.3) is 0 Å². The van der Waals surface area contributed by atoms with Gasteiger partial charge in [-0.3, -0.25) is 0 Å². The Balaban J connectivity index is 2.05. The van der Waals surface area contributed by atoms with Gasteiger partial charge in [0, 0.05) is 28.2 Å². The fraction of sp³-hybridized carbons (Fsp3) is 0.235. The highest BCUT2D eigenvalue weighted by Crippen LogP contribution is 2.38. The predicted molar refractivity (Wildman–Crippen MR) is 75.0 cm³/mol. The van der Waals surface area contributed by atoms with E-state index >= 15 is 0 Å². The lowest BCUT2D eigenvalue weighted by Gasteiger charge is -2.03. The molecule has 1 heterocycles. The van der Waals surface area contributed by atoms with E-state index in [1.165, 1.54) is 16.8 Å². The van der Waals surface area contributed by atoms with Crippen LogP contribution in [-0.4, -0.2) is 0 Å². The van der Waals surface area contributed by atoms with Gasteiger partial charge in [-0.1, -0.05) is 35.4 Å². The van der Waals surface area contributed by atoms with E-state index in [1.54, 1.807) is 12.1 Å². The molecule has 0 spiro atoms. The fourth-order valence-corrected chi connectivity index (χ4v) is 2.28. The minimum absolute atomic E-state index is 0.386. The average molecular weight is 239 g/mol. The van der Waals surface area contributed by atoms with Gasteiger partial charge in [-0.25, -0.2) is 4.57 Å². The number of allylic oxidation sites excluding steroid dienone is 2. The maximum atomic E-state index is 7.53. The van der Waals surface area contributed by atoms with Crippen molar-refractivity contribution in [2.45, 2.75) is 20.2 Å². The highest BCUT2D eigenvalue weighted by atomic mass is 14.9. The molecule has 3 rings (SSSR count). The Labute approximate surface area is 113 Å². The zero-order valence-corrected chi connectivity index (χ0v) is 10.7. The molecule has 0 saturated carbocycles. The van der Waals surface area contributed by atoms with Crippen molar-refractivity contribution in [3.63, 3.8) is 0 Å². The van der Waals surface area contributed by atoms with E-state index in [0.717, 1.165) is 17.5 Å². The number of nitrogens with zero attached hydrogens (tertiary/aromatic N) is 1. The largest absolute Gasteiger partial charge is 0.209 e. The molecule has 18 heavy (non-hydrogen) atoms. The van der Waals surface area contributed by atoms with Gasteiger partial charge in [-0.15, -0.1) is 0 Å². The van der Waals surface area contributed by atoms with E-state index in [-0.39, 0.29) is 0 Å². The third-order valence-electron chi connectivity index (χ3n) is 3.49. The Hall–Kier alpha value is -1.89. The summed E-state index contributed by atoms with van der Waals surface area (Å²) in [5.74, 6) is 0. The minimum atomic E-state index is -2.06. The molecule has 90 valence electrons. The van der Waals surface area contributed by atoms with Crippen molar-refractivity contribution in [1.82, 2.24) is 0 Å². The average Bonchev–Trinajstić information content (AvgIpc) is 3.15. The first-order valence-corrected chi connectivity index (χ1v) is 6.16. The highest BCUT2D eigenvalue weighted by Gasteiger charge is 2.26. The summed E-state index contributed by atoms with van der Waals surface area (Å²) in [6, 6.07) is 11.4. The second-order valence-corrected chi connectivity index (χ2v) is 4.93.